The minimum atomic E-state index is -0.796. The quantitative estimate of drug-likeness (QED) is 0.0262. The summed E-state index contributed by atoms with van der Waals surface area (Å²) in [6.45, 7) is 6.50. The van der Waals surface area contributed by atoms with E-state index < -0.39 is 6.10 Å². The highest BCUT2D eigenvalue weighted by Crippen LogP contribution is 2.15. The number of hydrogen-bond acceptors (Lipinski definition) is 6. The van der Waals surface area contributed by atoms with Crippen molar-refractivity contribution in [1.29, 1.82) is 0 Å². The van der Waals surface area contributed by atoms with Gasteiger partial charge in [0.2, 0.25) is 0 Å². The maximum absolute atomic E-state index is 12.8. The van der Waals surface area contributed by atoms with E-state index in [-0.39, 0.29) is 31.1 Å². The molecule has 0 rings (SSSR count). The first-order valence-electron chi connectivity index (χ1n) is 28.9. The molecule has 0 heterocycles. The largest absolute Gasteiger partial charge is 0.462 e. The number of carbonyl (C=O) groups is 3. The first-order chi connectivity index (χ1) is 33.5. The van der Waals surface area contributed by atoms with Crippen LogP contribution in [0.5, 0.6) is 0 Å². The summed E-state index contributed by atoms with van der Waals surface area (Å²) in [5, 5.41) is 0. The first-order valence-corrected chi connectivity index (χ1v) is 28.9. The summed E-state index contributed by atoms with van der Waals surface area (Å²) in [6, 6.07) is 0. The Bertz CT molecular complexity index is 1270. The van der Waals surface area contributed by atoms with Crippen molar-refractivity contribution >= 4 is 17.9 Å². The summed E-state index contributed by atoms with van der Waals surface area (Å²) in [5.74, 6) is -0.923. The molecule has 0 radical (unpaired) electrons. The van der Waals surface area contributed by atoms with Crippen LogP contribution in [0.25, 0.3) is 0 Å². The Balaban J connectivity index is 4.42. The smallest absolute Gasteiger partial charge is 0.306 e. The average molecular weight is 950 g/mol. The van der Waals surface area contributed by atoms with Crippen molar-refractivity contribution < 1.29 is 28.6 Å². The van der Waals surface area contributed by atoms with E-state index in [2.05, 4.69) is 93.7 Å². The minimum absolute atomic E-state index is 0.0913. The molecule has 0 amide bonds. The predicted molar refractivity (Wildman–Crippen MR) is 293 cm³/mol. The van der Waals surface area contributed by atoms with E-state index in [0.717, 1.165) is 89.9 Å². The third kappa shape index (κ3) is 53.8. The van der Waals surface area contributed by atoms with E-state index >= 15 is 0 Å². The van der Waals surface area contributed by atoms with Gasteiger partial charge in [-0.05, 0) is 109 Å². The fraction of sp³-hybridized carbons (Fsp3) is 0.758. The fourth-order valence-electron chi connectivity index (χ4n) is 8.07. The third-order valence-electron chi connectivity index (χ3n) is 12.4. The molecular formula is C62H108O6. The van der Waals surface area contributed by atoms with Crippen LogP contribution in [0.3, 0.4) is 0 Å². The number of hydrogen-bond donors (Lipinski definition) is 0. The minimum Gasteiger partial charge on any atom is -0.462 e. The van der Waals surface area contributed by atoms with Gasteiger partial charge in [-0.3, -0.25) is 14.4 Å². The van der Waals surface area contributed by atoms with Crippen molar-refractivity contribution in [3.63, 3.8) is 0 Å². The fourth-order valence-corrected chi connectivity index (χ4v) is 8.07. The summed E-state index contributed by atoms with van der Waals surface area (Å²) in [4.78, 5) is 38.2. The summed E-state index contributed by atoms with van der Waals surface area (Å²) in [6.07, 6.45) is 71.8. The molecule has 0 aliphatic rings. The van der Waals surface area contributed by atoms with E-state index in [1.807, 2.05) is 0 Å². The van der Waals surface area contributed by atoms with Crippen LogP contribution in [0.4, 0.5) is 0 Å². The second kappa shape index (κ2) is 56.4. The van der Waals surface area contributed by atoms with Crippen molar-refractivity contribution in [2.45, 2.75) is 290 Å². The predicted octanol–water partition coefficient (Wildman–Crippen LogP) is 19.4. The monoisotopic (exact) mass is 949 g/mol. The van der Waals surface area contributed by atoms with Gasteiger partial charge in [0, 0.05) is 19.3 Å². The number of esters is 3. The molecule has 1 unspecified atom stereocenters. The molecule has 6 heteroatoms. The number of carbonyl (C=O) groups excluding carboxylic acids is 3. The van der Waals surface area contributed by atoms with Gasteiger partial charge in [0.1, 0.15) is 13.2 Å². The molecule has 392 valence electrons. The van der Waals surface area contributed by atoms with Crippen molar-refractivity contribution in [2.75, 3.05) is 13.2 Å². The summed E-state index contributed by atoms with van der Waals surface area (Å²) in [5.41, 5.74) is 0. The summed E-state index contributed by atoms with van der Waals surface area (Å²) >= 11 is 0. The molecule has 0 fully saturated rings. The maximum Gasteiger partial charge on any atom is 0.306 e. The van der Waals surface area contributed by atoms with Gasteiger partial charge in [-0.15, -0.1) is 0 Å². The second-order valence-electron chi connectivity index (χ2n) is 19.2. The lowest BCUT2D eigenvalue weighted by atomic mass is 10.1. The molecule has 0 N–H and O–H groups in total. The van der Waals surface area contributed by atoms with Crippen LogP contribution < -0.4 is 0 Å². The van der Waals surface area contributed by atoms with Crippen molar-refractivity contribution in [1.82, 2.24) is 0 Å². The molecule has 0 saturated heterocycles. The topological polar surface area (TPSA) is 78.9 Å². The highest BCUT2D eigenvalue weighted by atomic mass is 16.6. The Morgan fingerprint density at radius 1 is 0.309 bits per heavy atom. The molecule has 0 spiro atoms. The number of unbranched alkanes of at least 4 members (excludes halogenated alkanes) is 29. The van der Waals surface area contributed by atoms with Gasteiger partial charge in [0.05, 0.1) is 0 Å². The lowest BCUT2D eigenvalue weighted by Gasteiger charge is -2.18. The lowest BCUT2D eigenvalue weighted by molar-refractivity contribution is -0.167. The van der Waals surface area contributed by atoms with Gasteiger partial charge in [-0.2, -0.15) is 0 Å². The molecule has 0 aromatic carbocycles. The average Bonchev–Trinajstić information content (AvgIpc) is 3.34. The highest BCUT2D eigenvalue weighted by molar-refractivity contribution is 5.71. The van der Waals surface area contributed by atoms with E-state index in [9.17, 15) is 14.4 Å². The standard InChI is InChI=1S/C62H108O6/c1-4-7-10-13-16-19-22-25-28-30-31-32-35-37-40-43-46-49-52-55-61(64)67-58-59(57-66-60(63)54-51-48-45-42-39-36-33-27-24-21-18-15-12-9-6-3)68-62(65)56-53-50-47-44-41-38-34-29-26-23-20-17-14-11-8-5-2/h8,11,17,20-21,24,26,29-31,38,41,59H,4-7,9-10,12-16,18-19,22-23,25,27-28,32-37,39-40,42-58H2,1-3H3/b11-8-,20-17-,24-21-,29-26-,31-30-,41-38-. The molecule has 6 nitrogen and oxygen atoms in total. The normalized spacial score (nSPS) is 12.6. The molecule has 0 aromatic heterocycles. The van der Waals surface area contributed by atoms with E-state index in [4.69, 9.17) is 14.2 Å². The van der Waals surface area contributed by atoms with Crippen molar-refractivity contribution in [3.05, 3.63) is 72.9 Å². The van der Waals surface area contributed by atoms with E-state index in [1.54, 1.807) is 0 Å². The molecule has 0 aromatic rings. The zero-order valence-corrected chi connectivity index (χ0v) is 44.9. The molecular weight excluding hydrogens is 841 g/mol. The van der Waals surface area contributed by atoms with Crippen LogP contribution in [-0.2, 0) is 28.6 Å². The second-order valence-corrected chi connectivity index (χ2v) is 19.2. The van der Waals surface area contributed by atoms with Gasteiger partial charge in [0.15, 0.2) is 6.10 Å². The van der Waals surface area contributed by atoms with Gasteiger partial charge >= 0.3 is 17.9 Å². The van der Waals surface area contributed by atoms with Gasteiger partial charge in [0.25, 0.3) is 0 Å². The third-order valence-corrected chi connectivity index (χ3v) is 12.4. The molecule has 68 heavy (non-hydrogen) atoms. The zero-order valence-electron chi connectivity index (χ0n) is 44.9. The van der Waals surface area contributed by atoms with Crippen molar-refractivity contribution in [2.24, 2.45) is 0 Å². The number of rotatable bonds is 52. The van der Waals surface area contributed by atoms with Crippen LogP contribution >= 0.6 is 0 Å². The highest BCUT2D eigenvalue weighted by Gasteiger charge is 2.19. The molecule has 0 saturated carbocycles. The Morgan fingerprint density at radius 2 is 0.574 bits per heavy atom. The van der Waals surface area contributed by atoms with E-state index in [1.165, 1.54) is 154 Å². The van der Waals surface area contributed by atoms with Crippen LogP contribution in [0.2, 0.25) is 0 Å². The summed E-state index contributed by atoms with van der Waals surface area (Å²) in [7, 11) is 0. The lowest BCUT2D eigenvalue weighted by Crippen LogP contribution is -2.30. The van der Waals surface area contributed by atoms with Crippen molar-refractivity contribution in [3.8, 4) is 0 Å². The van der Waals surface area contributed by atoms with Gasteiger partial charge in [-0.1, -0.05) is 229 Å². The van der Waals surface area contributed by atoms with Crippen LogP contribution in [0, 0.1) is 0 Å². The Morgan fingerprint density at radius 3 is 0.941 bits per heavy atom. The Kier molecular flexibility index (Phi) is 53.8. The Labute approximate surface area is 421 Å². The summed E-state index contributed by atoms with van der Waals surface area (Å²) < 4.78 is 16.8. The molecule has 0 aliphatic carbocycles. The maximum atomic E-state index is 12.8. The molecule has 1 atom stereocenters. The Hall–Kier alpha value is -3.15. The zero-order chi connectivity index (χ0) is 49.3. The first kappa shape index (κ1) is 64.8. The molecule has 0 bridgehead atoms. The van der Waals surface area contributed by atoms with Gasteiger partial charge < -0.3 is 14.2 Å². The van der Waals surface area contributed by atoms with Crippen LogP contribution in [0.1, 0.15) is 284 Å². The number of ether oxygens (including phenoxy) is 3. The van der Waals surface area contributed by atoms with E-state index in [0.29, 0.717) is 19.3 Å². The van der Waals surface area contributed by atoms with Crippen LogP contribution in [0.15, 0.2) is 72.9 Å². The van der Waals surface area contributed by atoms with Crippen LogP contribution in [-0.4, -0.2) is 37.2 Å². The molecule has 0 aliphatic heterocycles. The SMILES string of the molecule is CC/C=C\C/C=C\C/C=C\C/C=C\CCCCCC(=O)OC(COC(=O)CCCCCCCCC/C=C\CCCCCC)COC(=O)CCCCCCCCC/C=C\CCCCCCCCCC. The van der Waals surface area contributed by atoms with Gasteiger partial charge in [-0.25, -0.2) is 0 Å². The number of allylic oxidation sites excluding steroid dienone is 12.